The summed E-state index contributed by atoms with van der Waals surface area (Å²) in [6.45, 7) is 0. The van der Waals surface area contributed by atoms with Gasteiger partial charge in [-0.3, -0.25) is 4.79 Å². The summed E-state index contributed by atoms with van der Waals surface area (Å²) in [5.74, 6) is -1.36. The maximum Gasteiger partial charge on any atom is 0.501 e. The number of amides is 1. The monoisotopic (exact) mass is 381 g/mol. The Balaban J connectivity index is 2.23. The molecule has 10 heteroatoms. The zero-order valence-corrected chi connectivity index (χ0v) is 13.1. The van der Waals surface area contributed by atoms with Gasteiger partial charge in [0.15, 0.2) is 0 Å². The smallest absolute Gasteiger partial charge is 0.321 e. The molecule has 0 aromatic heterocycles. The van der Waals surface area contributed by atoms with E-state index in [0.717, 1.165) is 24.3 Å². The van der Waals surface area contributed by atoms with E-state index in [1.807, 2.05) is 0 Å². The number of sulfone groups is 1. The van der Waals surface area contributed by atoms with Crippen LogP contribution in [-0.2, 0) is 9.84 Å². The summed E-state index contributed by atoms with van der Waals surface area (Å²) in [5, 5.41) is 2.26. The Morgan fingerprint density at radius 2 is 1.62 bits per heavy atom. The summed E-state index contributed by atoms with van der Waals surface area (Å²) in [5.41, 5.74) is -5.44. The number of alkyl halides is 3. The van der Waals surface area contributed by atoms with Crippen LogP contribution in [0.25, 0.3) is 0 Å². The highest BCUT2D eigenvalue weighted by molar-refractivity contribution is 7.92. The second-order valence-corrected chi connectivity index (χ2v) is 6.90. The van der Waals surface area contributed by atoms with Crippen molar-refractivity contribution in [3.05, 3.63) is 58.9 Å². The molecule has 1 amide bonds. The average molecular weight is 382 g/mol. The van der Waals surface area contributed by atoms with Gasteiger partial charge in [0.25, 0.3) is 15.7 Å². The van der Waals surface area contributed by atoms with Crippen molar-refractivity contribution in [1.82, 2.24) is 0 Å². The van der Waals surface area contributed by atoms with E-state index >= 15 is 0 Å². The average Bonchev–Trinajstić information content (AvgIpc) is 2.49. The summed E-state index contributed by atoms with van der Waals surface area (Å²) in [4.78, 5) is 11.0. The molecule has 0 unspecified atom stereocenters. The van der Waals surface area contributed by atoms with E-state index in [0.29, 0.717) is 12.1 Å². The number of carbonyl (C=O) groups excluding carboxylic acids is 1. The van der Waals surface area contributed by atoms with Crippen molar-refractivity contribution in [1.29, 1.82) is 0 Å². The maximum atomic E-state index is 12.9. The number of hydrogen-bond acceptors (Lipinski definition) is 3. The van der Waals surface area contributed by atoms with Crippen molar-refractivity contribution in [2.45, 2.75) is 10.4 Å². The first-order chi connectivity index (χ1) is 11.0. The first-order valence-corrected chi connectivity index (χ1v) is 8.06. The molecule has 0 heterocycles. The number of benzene rings is 2. The molecule has 0 spiro atoms. The molecular formula is C14H8ClF4NO3S. The third-order valence-corrected chi connectivity index (χ3v) is 4.73. The van der Waals surface area contributed by atoms with Crippen LogP contribution in [-0.4, -0.2) is 19.8 Å². The summed E-state index contributed by atoms with van der Waals surface area (Å²) in [6, 6.07) is 6.42. The largest absolute Gasteiger partial charge is 0.501 e. The van der Waals surface area contributed by atoms with Crippen LogP contribution in [0.3, 0.4) is 0 Å². The van der Waals surface area contributed by atoms with Gasteiger partial charge < -0.3 is 5.32 Å². The van der Waals surface area contributed by atoms with E-state index in [4.69, 9.17) is 11.6 Å². The summed E-state index contributed by atoms with van der Waals surface area (Å²) < 4.78 is 72.7. The summed E-state index contributed by atoms with van der Waals surface area (Å²) in [7, 11) is -5.48. The molecule has 0 aliphatic rings. The van der Waals surface area contributed by atoms with Gasteiger partial charge in [-0.2, -0.15) is 13.2 Å². The number of carbonyl (C=O) groups is 1. The highest BCUT2D eigenvalue weighted by atomic mass is 35.5. The second-order valence-electron chi connectivity index (χ2n) is 4.55. The molecule has 0 fully saturated rings. The van der Waals surface area contributed by atoms with Crippen molar-refractivity contribution >= 4 is 33.0 Å². The second kappa shape index (κ2) is 6.40. The van der Waals surface area contributed by atoms with Gasteiger partial charge in [-0.25, -0.2) is 12.8 Å². The fraction of sp³-hybridized carbons (Fsp3) is 0.0714. The van der Waals surface area contributed by atoms with Gasteiger partial charge >= 0.3 is 5.51 Å². The molecule has 2 aromatic carbocycles. The molecular weight excluding hydrogens is 374 g/mol. The van der Waals surface area contributed by atoms with Crippen molar-refractivity contribution in [3.8, 4) is 0 Å². The van der Waals surface area contributed by atoms with Gasteiger partial charge in [-0.1, -0.05) is 11.6 Å². The zero-order chi connectivity index (χ0) is 18.1. The zero-order valence-electron chi connectivity index (χ0n) is 11.6. The highest BCUT2D eigenvalue weighted by Crippen LogP contribution is 2.30. The van der Waals surface area contributed by atoms with E-state index in [-0.39, 0.29) is 16.3 Å². The predicted molar refractivity (Wildman–Crippen MR) is 79.0 cm³/mol. The van der Waals surface area contributed by atoms with Gasteiger partial charge in [-0.15, -0.1) is 0 Å². The number of hydrogen-bond donors (Lipinski definition) is 1. The maximum absolute atomic E-state index is 12.9. The van der Waals surface area contributed by atoms with Crippen LogP contribution >= 0.6 is 11.6 Å². The molecule has 128 valence electrons. The molecule has 0 aliphatic heterocycles. The third kappa shape index (κ3) is 3.68. The fourth-order valence-corrected chi connectivity index (χ4v) is 2.68. The Kier molecular flexibility index (Phi) is 4.86. The van der Waals surface area contributed by atoms with Crippen LogP contribution < -0.4 is 5.32 Å². The predicted octanol–water partition coefficient (Wildman–Crippen LogP) is 4.02. The van der Waals surface area contributed by atoms with Crippen molar-refractivity contribution in [2.24, 2.45) is 0 Å². The Morgan fingerprint density at radius 1 is 1.04 bits per heavy atom. The molecule has 1 N–H and O–H groups in total. The van der Waals surface area contributed by atoms with E-state index < -0.39 is 32.0 Å². The molecule has 0 saturated heterocycles. The minimum atomic E-state index is -5.48. The van der Waals surface area contributed by atoms with Crippen LogP contribution in [0.15, 0.2) is 47.4 Å². The quantitative estimate of drug-likeness (QED) is 0.817. The Labute approximate surface area is 139 Å². The third-order valence-electron chi connectivity index (χ3n) is 2.91. The van der Waals surface area contributed by atoms with E-state index in [9.17, 15) is 30.8 Å². The van der Waals surface area contributed by atoms with Gasteiger partial charge in [-0.05, 0) is 42.5 Å². The van der Waals surface area contributed by atoms with Crippen LogP contribution in [0.4, 0.5) is 23.2 Å². The van der Waals surface area contributed by atoms with Crippen LogP contribution in [0, 0.1) is 5.82 Å². The molecule has 0 radical (unpaired) electrons. The van der Waals surface area contributed by atoms with Crippen molar-refractivity contribution < 1.29 is 30.8 Å². The first-order valence-electron chi connectivity index (χ1n) is 6.20. The lowest BCUT2D eigenvalue weighted by Gasteiger charge is -2.10. The van der Waals surface area contributed by atoms with Crippen molar-refractivity contribution in [3.63, 3.8) is 0 Å². The van der Waals surface area contributed by atoms with Gasteiger partial charge in [0, 0.05) is 5.56 Å². The Hall–Kier alpha value is -2.13. The molecule has 24 heavy (non-hydrogen) atoms. The van der Waals surface area contributed by atoms with E-state index in [2.05, 4.69) is 5.32 Å². The molecule has 0 atom stereocenters. The van der Waals surface area contributed by atoms with Gasteiger partial charge in [0.1, 0.15) is 5.82 Å². The standard InChI is InChI=1S/C14H8ClF4NO3S/c15-11-7-9(16)3-6-12(11)20-13(21)8-1-4-10(5-2-8)24(22,23)14(17,18)19/h1-7H,(H,20,21). The lowest BCUT2D eigenvalue weighted by Crippen LogP contribution is -2.23. The number of rotatable bonds is 3. The lowest BCUT2D eigenvalue weighted by atomic mass is 10.2. The number of anilines is 1. The summed E-state index contributed by atoms with van der Waals surface area (Å²) >= 11 is 5.74. The molecule has 2 rings (SSSR count). The van der Waals surface area contributed by atoms with E-state index in [1.54, 1.807) is 0 Å². The molecule has 0 saturated carbocycles. The topological polar surface area (TPSA) is 63.2 Å². The SMILES string of the molecule is O=C(Nc1ccc(F)cc1Cl)c1ccc(S(=O)(=O)C(F)(F)F)cc1. The van der Waals surface area contributed by atoms with Gasteiger partial charge in [0.2, 0.25) is 0 Å². The Bertz CT molecular complexity index is 880. The van der Waals surface area contributed by atoms with Crippen LogP contribution in [0.2, 0.25) is 5.02 Å². The summed E-state index contributed by atoms with van der Waals surface area (Å²) in [6.07, 6.45) is 0. The first kappa shape index (κ1) is 18.2. The fourth-order valence-electron chi connectivity index (χ4n) is 1.70. The van der Waals surface area contributed by atoms with Crippen molar-refractivity contribution in [2.75, 3.05) is 5.32 Å². The molecule has 0 aliphatic carbocycles. The van der Waals surface area contributed by atoms with E-state index in [1.165, 1.54) is 6.07 Å². The van der Waals surface area contributed by atoms with Gasteiger partial charge in [0.05, 0.1) is 15.6 Å². The number of halogens is 5. The highest BCUT2D eigenvalue weighted by Gasteiger charge is 2.46. The Morgan fingerprint density at radius 3 is 2.12 bits per heavy atom. The van der Waals surface area contributed by atoms with Crippen LogP contribution in [0.1, 0.15) is 10.4 Å². The lowest BCUT2D eigenvalue weighted by molar-refractivity contribution is -0.0436. The molecule has 2 aromatic rings. The normalized spacial score (nSPS) is 12.0. The minimum absolute atomic E-state index is 0.0698. The minimum Gasteiger partial charge on any atom is -0.321 e. The van der Waals surface area contributed by atoms with Crippen LogP contribution in [0.5, 0.6) is 0 Å². The number of nitrogens with one attached hydrogen (secondary N) is 1. The molecule has 0 bridgehead atoms. The molecule has 4 nitrogen and oxygen atoms in total.